The molecule has 0 radical (unpaired) electrons. The summed E-state index contributed by atoms with van der Waals surface area (Å²) in [6, 6.07) is 0. The predicted octanol–water partition coefficient (Wildman–Crippen LogP) is 0.786. The van der Waals surface area contributed by atoms with Crippen LogP contribution in [0.2, 0.25) is 0 Å². The first-order valence-corrected chi connectivity index (χ1v) is 6.44. The number of hydrogen-bond donors (Lipinski definition) is 1. The van der Waals surface area contributed by atoms with Crippen molar-refractivity contribution >= 4 is 0 Å². The highest BCUT2D eigenvalue weighted by molar-refractivity contribution is 4.75. The average Bonchev–Trinajstić information content (AvgIpc) is 2.19. The van der Waals surface area contributed by atoms with E-state index in [2.05, 4.69) is 9.80 Å². The smallest absolute Gasteiger partial charge is 0.0433 e. The molecule has 2 heterocycles. The van der Waals surface area contributed by atoms with Crippen molar-refractivity contribution in [2.75, 3.05) is 45.9 Å². The van der Waals surface area contributed by atoms with Gasteiger partial charge in [0.15, 0.2) is 0 Å². The average molecular weight is 212 g/mol. The first kappa shape index (κ1) is 11.4. The van der Waals surface area contributed by atoms with Crippen molar-refractivity contribution in [1.82, 2.24) is 9.80 Å². The fourth-order valence-corrected chi connectivity index (χ4v) is 2.57. The molecule has 0 aromatic carbocycles. The van der Waals surface area contributed by atoms with Crippen molar-refractivity contribution < 1.29 is 5.11 Å². The van der Waals surface area contributed by atoms with Crippen LogP contribution in [0.4, 0.5) is 0 Å². The number of rotatable bonds is 5. The Morgan fingerprint density at radius 3 is 2.00 bits per heavy atom. The summed E-state index contributed by atoms with van der Waals surface area (Å²) >= 11 is 0. The Hall–Kier alpha value is -0.120. The molecule has 0 aromatic heterocycles. The third-order valence-electron chi connectivity index (χ3n) is 3.93. The zero-order valence-electron chi connectivity index (χ0n) is 9.70. The minimum atomic E-state index is 0.373. The van der Waals surface area contributed by atoms with Crippen molar-refractivity contribution in [3.8, 4) is 0 Å². The number of piperidine rings is 1. The maximum atomic E-state index is 8.88. The minimum absolute atomic E-state index is 0.373. The van der Waals surface area contributed by atoms with E-state index < -0.39 is 0 Å². The summed E-state index contributed by atoms with van der Waals surface area (Å²) in [5.41, 5.74) is 0. The second-order valence-corrected chi connectivity index (χ2v) is 4.99. The van der Waals surface area contributed by atoms with Crippen LogP contribution >= 0.6 is 0 Å². The van der Waals surface area contributed by atoms with Gasteiger partial charge < -0.3 is 14.9 Å². The Morgan fingerprint density at radius 2 is 1.53 bits per heavy atom. The van der Waals surface area contributed by atoms with E-state index >= 15 is 0 Å². The van der Waals surface area contributed by atoms with Gasteiger partial charge in [0.05, 0.1) is 0 Å². The van der Waals surface area contributed by atoms with Crippen molar-refractivity contribution in [3.63, 3.8) is 0 Å². The normalized spacial score (nSPS) is 25.4. The molecule has 15 heavy (non-hydrogen) atoms. The summed E-state index contributed by atoms with van der Waals surface area (Å²) in [6.45, 7) is 8.04. The summed E-state index contributed by atoms with van der Waals surface area (Å²) in [6.07, 6.45) is 5.00. The Labute approximate surface area is 93.1 Å². The van der Waals surface area contributed by atoms with Crippen LogP contribution in [0.15, 0.2) is 0 Å². The van der Waals surface area contributed by atoms with Crippen LogP contribution in [-0.2, 0) is 0 Å². The molecule has 0 aliphatic carbocycles. The molecule has 0 saturated carbocycles. The van der Waals surface area contributed by atoms with Gasteiger partial charge in [0, 0.05) is 19.7 Å². The zero-order valence-corrected chi connectivity index (χ0v) is 9.70. The van der Waals surface area contributed by atoms with Crippen molar-refractivity contribution in [1.29, 1.82) is 0 Å². The van der Waals surface area contributed by atoms with Gasteiger partial charge in [0.25, 0.3) is 0 Å². The monoisotopic (exact) mass is 212 g/mol. The number of aliphatic hydroxyl groups is 1. The van der Waals surface area contributed by atoms with Crippen LogP contribution in [0.25, 0.3) is 0 Å². The molecule has 1 N–H and O–H groups in total. The molecule has 0 spiro atoms. The third kappa shape index (κ3) is 3.44. The summed E-state index contributed by atoms with van der Waals surface area (Å²) in [5, 5.41) is 8.88. The molecule has 2 aliphatic rings. The van der Waals surface area contributed by atoms with Gasteiger partial charge in [-0.1, -0.05) is 0 Å². The lowest BCUT2D eigenvalue weighted by Gasteiger charge is -2.36. The van der Waals surface area contributed by atoms with Gasteiger partial charge in [-0.05, 0) is 57.8 Å². The summed E-state index contributed by atoms with van der Waals surface area (Å²) in [4.78, 5) is 5.13. The van der Waals surface area contributed by atoms with E-state index in [1.54, 1.807) is 0 Å². The SMILES string of the molecule is OCCC1CCN(CCN2CCC2)CC1. The van der Waals surface area contributed by atoms with Crippen LogP contribution in [0, 0.1) is 5.92 Å². The van der Waals surface area contributed by atoms with E-state index in [1.165, 1.54) is 58.5 Å². The topological polar surface area (TPSA) is 26.7 Å². The molecule has 2 rings (SSSR count). The standard InChI is InChI=1S/C12H24N2O/c15-11-4-12-2-7-14(8-3-12)10-9-13-5-1-6-13/h12,15H,1-11H2. The largest absolute Gasteiger partial charge is 0.396 e. The summed E-state index contributed by atoms with van der Waals surface area (Å²) in [7, 11) is 0. The van der Waals surface area contributed by atoms with Crippen LogP contribution in [0.3, 0.4) is 0 Å². The molecule has 0 unspecified atom stereocenters. The molecule has 2 saturated heterocycles. The fraction of sp³-hybridized carbons (Fsp3) is 1.00. The molecule has 0 atom stereocenters. The first-order valence-electron chi connectivity index (χ1n) is 6.44. The first-order chi connectivity index (χ1) is 7.38. The lowest BCUT2D eigenvalue weighted by Crippen LogP contribution is -2.44. The van der Waals surface area contributed by atoms with E-state index in [0.29, 0.717) is 6.61 Å². The van der Waals surface area contributed by atoms with Crippen LogP contribution < -0.4 is 0 Å². The molecule has 3 nitrogen and oxygen atoms in total. The molecular formula is C12H24N2O. The van der Waals surface area contributed by atoms with Crippen LogP contribution in [0.5, 0.6) is 0 Å². The van der Waals surface area contributed by atoms with Crippen LogP contribution in [0.1, 0.15) is 25.7 Å². The lowest BCUT2D eigenvalue weighted by molar-refractivity contribution is 0.118. The quantitative estimate of drug-likeness (QED) is 0.730. The highest BCUT2D eigenvalue weighted by Crippen LogP contribution is 2.19. The second-order valence-electron chi connectivity index (χ2n) is 4.99. The van der Waals surface area contributed by atoms with Crippen molar-refractivity contribution in [2.24, 2.45) is 5.92 Å². The number of aliphatic hydroxyl groups excluding tert-OH is 1. The molecule has 0 bridgehead atoms. The van der Waals surface area contributed by atoms with Gasteiger partial charge in [-0.2, -0.15) is 0 Å². The van der Waals surface area contributed by atoms with Gasteiger partial charge >= 0.3 is 0 Å². The number of nitrogens with zero attached hydrogens (tertiary/aromatic N) is 2. The molecule has 2 fully saturated rings. The summed E-state index contributed by atoms with van der Waals surface area (Å²) < 4.78 is 0. The van der Waals surface area contributed by atoms with E-state index in [9.17, 15) is 0 Å². The van der Waals surface area contributed by atoms with E-state index in [4.69, 9.17) is 5.11 Å². The fourth-order valence-electron chi connectivity index (χ4n) is 2.57. The van der Waals surface area contributed by atoms with Crippen LogP contribution in [-0.4, -0.2) is 60.8 Å². The third-order valence-corrected chi connectivity index (χ3v) is 3.93. The Morgan fingerprint density at radius 1 is 0.933 bits per heavy atom. The minimum Gasteiger partial charge on any atom is -0.396 e. The molecule has 3 heteroatoms. The van der Waals surface area contributed by atoms with Crippen molar-refractivity contribution in [3.05, 3.63) is 0 Å². The highest BCUT2D eigenvalue weighted by Gasteiger charge is 2.20. The molecule has 0 aromatic rings. The van der Waals surface area contributed by atoms with Gasteiger partial charge in [-0.25, -0.2) is 0 Å². The van der Waals surface area contributed by atoms with Gasteiger partial charge in [-0.3, -0.25) is 0 Å². The second kappa shape index (κ2) is 5.83. The summed E-state index contributed by atoms with van der Waals surface area (Å²) in [5.74, 6) is 0.787. The highest BCUT2D eigenvalue weighted by atomic mass is 16.3. The van der Waals surface area contributed by atoms with Gasteiger partial charge in [0.1, 0.15) is 0 Å². The molecule has 88 valence electrons. The maximum absolute atomic E-state index is 8.88. The van der Waals surface area contributed by atoms with Gasteiger partial charge in [-0.15, -0.1) is 0 Å². The lowest BCUT2D eigenvalue weighted by atomic mass is 9.94. The van der Waals surface area contributed by atoms with Gasteiger partial charge in [0.2, 0.25) is 0 Å². The Kier molecular flexibility index (Phi) is 4.42. The molecular weight excluding hydrogens is 188 g/mol. The predicted molar refractivity (Wildman–Crippen MR) is 61.9 cm³/mol. The Balaban J connectivity index is 1.56. The number of hydrogen-bond acceptors (Lipinski definition) is 3. The Bertz CT molecular complexity index is 174. The van der Waals surface area contributed by atoms with E-state index in [-0.39, 0.29) is 0 Å². The molecule has 0 amide bonds. The zero-order chi connectivity index (χ0) is 10.5. The molecule has 2 aliphatic heterocycles. The van der Waals surface area contributed by atoms with Crippen molar-refractivity contribution in [2.45, 2.75) is 25.7 Å². The van der Waals surface area contributed by atoms with E-state index in [0.717, 1.165) is 12.3 Å². The maximum Gasteiger partial charge on any atom is 0.0433 e. The number of likely N-dealkylation sites (tertiary alicyclic amines) is 2. The van der Waals surface area contributed by atoms with E-state index in [1.807, 2.05) is 0 Å².